The normalized spacial score (nSPS) is 19.7. The van der Waals surface area contributed by atoms with Crippen LogP contribution < -0.4 is 0 Å². The Balaban J connectivity index is 2.19. The average Bonchev–Trinajstić information content (AvgIpc) is 3.42. The number of hydrogen-bond acceptors (Lipinski definition) is 6. The van der Waals surface area contributed by atoms with Gasteiger partial charge in [0.15, 0.2) is 15.3 Å². The van der Waals surface area contributed by atoms with Gasteiger partial charge in [-0.2, -0.15) is 0 Å². The van der Waals surface area contributed by atoms with Gasteiger partial charge in [-0.25, -0.2) is 12.8 Å². The molecule has 0 saturated heterocycles. The molecule has 1 aliphatic rings. The molecule has 30 heavy (non-hydrogen) atoms. The first-order valence-corrected chi connectivity index (χ1v) is 11.2. The maximum absolute atomic E-state index is 13.5. The second kappa shape index (κ2) is 8.35. The molecule has 0 spiro atoms. The summed E-state index contributed by atoms with van der Waals surface area (Å²) in [5.41, 5.74) is -1.76. The third kappa shape index (κ3) is 3.58. The molecule has 6 nitrogen and oxygen atoms in total. The highest BCUT2D eigenvalue weighted by molar-refractivity contribution is 7.92. The maximum atomic E-state index is 13.5. The van der Waals surface area contributed by atoms with E-state index in [9.17, 15) is 22.4 Å². The van der Waals surface area contributed by atoms with E-state index in [0.717, 1.165) is 12.1 Å². The Hall–Kier alpha value is -2.45. The molecule has 1 aliphatic carbocycles. The molecule has 0 N–H and O–H groups in total. The fourth-order valence-electron chi connectivity index (χ4n) is 3.73. The van der Waals surface area contributed by atoms with Crippen LogP contribution in [0, 0.1) is 11.2 Å². The van der Waals surface area contributed by atoms with Crippen LogP contribution in [0.15, 0.2) is 53.4 Å². The third-order valence-corrected chi connectivity index (χ3v) is 7.56. The molecule has 0 amide bonds. The van der Waals surface area contributed by atoms with Crippen molar-refractivity contribution in [2.75, 3.05) is 13.2 Å². The molecule has 2 unspecified atom stereocenters. The van der Waals surface area contributed by atoms with Crippen LogP contribution in [0.2, 0.25) is 5.02 Å². The highest BCUT2D eigenvalue weighted by Gasteiger charge is 2.81. The standard InChI is InChI=1S/C21H20ClFO6S/c1-3-28-19(24)21(20(25)29-4-2)17(13-5-9-15(23)10-6-13)18(21)30(26,27)16-11-7-14(22)8-12-16/h5-12,17-18H,3-4H2,1-2H3. The number of ether oxygens (including phenoxy) is 2. The second-order valence-corrected chi connectivity index (χ2v) is 9.26. The minimum atomic E-state index is -4.18. The molecule has 2 aromatic carbocycles. The van der Waals surface area contributed by atoms with Crippen molar-refractivity contribution in [1.82, 2.24) is 0 Å². The molecule has 0 aliphatic heterocycles. The van der Waals surface area contributed by atoms with E-state index in [4.69, 9.17) is 21.1 Å². The van der Waals surface area contributed by atoms with Gasteiger partial charge in [0, 0.05) is 10.9 Å². The van der Waals surface area contributed by atoms with Crippen LogP contribution in [0.5, 0.6) is 0 Å². The Morgan fingerprint density at radius 1 is 0.967 bits per heavy atom. The van der Waals surface area contributed by atoms with Gasteiger partial charge in [-0.3, -0.25) is 9.59 Å². The quantitative estimate of drug-likeness (QED) is 0.470. The first-order chi connectivity index (χ1) is 14.2. The van der Waals surface area contributed by atoms with Gasteiger partial charge in [0.1, 0.15) is 11.1 Å². The highest BCUT2D eigenvalue weighted by Crippen LogP contribution is 2.65. The van der Waals surface area contributed by atoms with Crippen LogP contribution >= 0.6 is 11.6 Å². The van der Waals surface area contributed by atoms with Crippen molar-refractivity contribution in [2.24, 2.45) is 5.41 Å². The summed E-state index contributed by atoms with van der Waals surface area (Å²) in [4.78, 5) is 25.8. The Bertz CT molecular complexity index is 1030. The number of halogens is 2. The third-order valence-electron chi connectivity index (χ3n) is 5.06. The van der Waals surface area contributed by atoms with E-state index in [1.807, 2.05) is 0 Å². The molecule has 1 fully saturated rings. The molecule has 0 radical (unpaired) electrons. The predicted molar refractivity (Wildman–Crippen MR) is 107 cm³/mol. The van der Waals surface area contributed by atoms with Crippen LogP contribution in [0.25, 0.3) is 0 Å². The fraction of sp³-hybridized carbons (Fsp3) is 0.333. The largest absolute Gasteiger partial charge is 0.465 e. The average molecular weight is 455 g/mol. The molecular formula is C21H20ClFO6S. The number of rotatable bonds is 7. The molecule has 0 heterocycles. The van der Waals surface area contributed by atoms with Crippen LogP contribution in [0.4, 0.5) is 4.39 Å². The molecule has 0 bridgehead atoms. The summed E-state index contributed by atoms with van der Waals surface area (Å²) >= 11 is 5.86. The molecule has 2 atom stereocenters. The number of hydrogen-bond donors (Lipinski definition) is 0. The second-order valence-electron chi connectivity index (χ2n) is 6.76. The first kappa shape index (κ1) is 22.2. The zero-order valence-corrected chi connectivity index (χ0v) is 17.9. The monoisotopic (exact) mass is 454 g/mol. The lowest BCUT2D eigenvalue weighted by Crippen LogP contribution is -2.35. The van der Waals surface area contributed by atoms with Crippen molar-refractivity contribution in [3.63, 3.8) is 0 Å². The van der Waals surface area contributed by atoms with Crippen molar-refractivity contribution in [3.05, 3.63) is 64.9 Å². The summed E-state index contributed by atoms with van der Waals surface area (Å²) in [6.07, 6.45) is 0. The van der Waals surface area contributed by atoms with Crippen molar-refractivity contribution in [3.8, 4) is 0 Å². The van der Waals surface area contributed by atoms with Gasteiger partial charge < -0.3 is 9.47 Å². The summed E-state index contributed by atoms with van der Waals surface area (Å²) in [5.74, 6) is -3.59. The smallest absolute Gasteiger partial charge is 0.325 e. The van der Waals surface area contributed by atoms with E-state index in [2.05, 4.69) is 0 Å². The lowest BCUT2D eigenvalue weighted by atomic mass is 9.99. The zero-order chi connectivity index (χ0) is 22.1. The van der Waals surface area contributed by atoms with Gasteiger partial charge in [-0.15, -0.1) is 0 Å². The molecule has 1 saturated carbocycles. The van der Waals surface area contributed by atoms with Crippen molar-refractivity contribution >= 4 is 33.4 Å². The van der Waals surface area contributed by atoms with Crippen molar-refractivity contribution in [1.29, 1.82) is 0 Å². The minimum Gasteiger partial charge on any atom is -0.465 e. The van der Waals surface area contributed by atoms with Crippen molar-refractivity contribution < 1.29 is 31.9 Å². The maximum Gasteiger partial charge on any atom is 0.325 e. The van der Waals surface area contributed by atoms with Crippen molar-refractivity contribution in [2.45, 2.75) is 29.9 Å². The molecule has 160 valence electrons. The number of esters is 2. The van der Waals surface area contributed by atoms with Crippen LogP contribution in [0.1, 0.15) is 25.3 Å². The molecule has 3 rings (SSSR count). The van der Waals surface area contributed by atoms with Gasteiger partial charge in [-0.1, -0.05) is 23.7 Å². The fourth-order valence-corrected chi connectivity index (χ4v) is 6.14. The van der Waals surface area contributed by atoms with Gasteiger partial charge in [-0.05, 0) is 55.8 Å². The summed E-state index contributed by atoms with van der Waals surface area (Å²) in [6, 6.07) is 10.4. The summed E-state index contributed by atoms with van der Waals surface area (Å²) < 4.78 is 50.5. The number of carbonyl (C=O) groups is 2. The van der Waals surface area contributed by atoms with E-state index in [0.29, 0.717) is 10.6 Å². The van der Waals surface area contributed by atoms with Gasteiger partial charge >= 0.3 is 11.9 Å². The lowest BCUT2D eigenvalue weighted by molar-refractivity contribution is -0.164. The number of carbonyl (C=O) groups excluding carboxylic acids is 2. The topological polar surface area (TPSA) is 86.7 Å². The Labute approximate surface area is 178 Å². The lowest BCUT2D eigenvalue weighted by Gasteiger charge is -2.15. The van der Waals surface area contributed by atoms with E-state index >= 15 is 0 Å². The number of benzene rings is 2. The predicted octanol–water partition coefficient (Wildman–Crippen LogP) is 3.53. The summed E-state index contributed by atoms with van der Waals surface area (Å²) in [6.45, 7) is 3.00. The number of sulfone groups is 1. The van der Waals surface area contributed by atoms with E-state index in [1.165, 1.54) is 36.4 Å². The molecular weight excluding hydrogens is 435 g/mol. The summed E-state index contributed by atoms with van der Waals surface area (Å²) in [5, 5.41) is -1.13. The van der Waals surface area contributed by atoms with Gasteiger partial charge in [0.2, 0.25) is 0 Å². The zero-order valence-electron chi connectivity index (χ0n) is 16.3. The Morgan fingerprint density at radius 2 is 1.47 bits per heavy atom. The van der Waals surface area contributed by atoms with E-state index < -0.39 is 44.2 Å². The Kier molecular flexibility index (Phi) is 6.19. The Morgan fingerprint density at radius 3 is 1.93 bits per heavy atom. The molecule has 0 aromatic heterocycles. The molecule has 9 heteroatoms. The van der Waals surface area contributed by atoms with Gasteiger partial charge in [0.05, 0.1) is 18.1 Å². The molecule has 2 aromatic rings. The minimum absolute atomic E-state index is 0.0517. The van der Waals surface area contributed by atoms with E-state index in [1.54, 1.807) is 13.8 Å². The highest BCUT2D eigenvalue weighted by atomic mass is 35.5. The van der Waals surface area contributed by atoms with Crippen LogP contribution in [0.3, 0.4) is 0 Å². The van der Waals surface area contributed by atoms with E-state index in [-0.39, 0.29) is 18.1 Å². The van der Waals surface area contributed by atoms with Crippen LogP contribution in [-0.2, 0) is 28.9 Å². The van der Waals surface area contributed by atoms with Crippen LogP contribution in [-0.4, -0.2) is 38.8 Å². The SMILES string of the molecule is CCOC(=O)C1(C(=O)OCC)C(c2ccc(F)cc2)C1S(=O)(=O)c1ccc(Cl)cc1. The van der Waals surface area contributed by atoms with Gasteiger partial charge in [0.25, 0.3) is 0 Å². The first-order valence-electron chi connectivity index (χ1n) is 9.30. The summed E-state index contributed by atoms with van der Waals surface area (Å²) in [7, 11) is -4.18.